The molecule has 0 unspecified atom stereocenters. The molecule has 0 spiro atoms. The van der Waals surface area contributed by atoms with E-state index in [1.807, 2.05) is 0 Å². The first-order valence-electron chi connectivity index (χ1n) is 4.80. The molecule has 0 aliphatic heterocycles. The van der Waals surface area contributed by atoms with Gasteiger partial charge in [-0.3, -0.25) is 0 Å². The Morgan fingerprint density at radius 3 is 2.07 bits per heavy atom. The SMILES string of the molecule is CC(C)C1=Cc2ccccc2[CH]1.[I][Hf][I]. The van der Waals surface area contributed by atoms with E-state index in [1.54, 1.807) is 0 Å². The van der Waals surface area contributed by atoms with E-state index < -0.39 is 0 Å². The van der Waals surface area contributed by atoms with E-state index >= 15 is 0 Å². The van der Waals surface area contributed by atoms with Crippen molar-refractivity contribution >= 4 is 42.4 Å². The van der Waals surface area contributed by atoms with E-state index in [2.05, 4.69) is 86.9 Å². The average molecular weight is 590 g/mol. The summed E-state index contributed by atoms with van der Waals surface area (Å²) in [6.45, 7) is 4.46. The van der Waals surface area contributed by atoms with Gasteiger partial charge in [-0.15, -0.1) is 0 Å². The summed E-state index contributed by atoms with van der Waals surface area (Å²) in [5, 5.41) is 0. The van der Waals surface area contributed by atoms with Gasteiger partial charge < -0.3 is 0 Å². The number of hydrogen-bond donors (Lipinski definition) is 0. The molecule has 0 saturated heterocycles. The van der Waals surface area contributed by atoms with Crippen LogP contribution in [0.4, 0.5) is 0 Å². The third-order valence-electron chi connectivity index (χ3n) is 2.31. The number of halogens is 2. The second-order valence-electron chi connectivity index (χ2n) is 3.64. The van der Waals surface area contributed by atoms with E-state index in [0.29, 0.717) is 5.92 Å². The standard InChI is InChI=1S/C12H13.Hf.2HI/c1-9(2)12-7-10-5-3-4-6-11(10)8-12;;;/h3-9H,1-2H3;;2*1H/q;+2;;/p-2. The number of fused-ring (bicyclic) bond motifs is 1. The summed E-state index contributed by atoms with van der Waals surface area (Å²) in [7, 11) is 0. The first-order chi connectivity index (χ1) is 7.19. The van der Waals surface area contributed by atoms with Gasteiger partial charge in [-0.2, -0.15) is 0 Å². The van der Waals surface area contributed by atoms with Crippen molar-refractivity contribution in [3.05, 3.63) is 47.4 Å². The Labute approximate surface area is 122 Å². The van der Waals surface area contributed by atoms with Gasteiger partial charge in [0.05, 0.1) is 0 Å². The summed E-state index contributed by atoms with van der Waals surface area (Å²) < 4.78 is 0. The van der Waals surface area contributed by atoms with Crippen molar-refractivity contribution in [3.8, 4) is 0 Å². The van der Waals surface area contributed by atoms with E-state index in [1.165, 1.54) is 16.7 Å². The minimum absolute atomic E-state index is 0.0233. The molecule has 1 aliphatic carbocycles. The van der Waals surface area contributed by atoms with Crippen molar-refractivity contribution in [2.75, 3.05) is 0 Å². The Bertz CT molecular complexity index is 345. The molecule has 15 heavy (non-hydrogen) atoms. The van der Waals surface area contributed by atoms with Crippen molar-refractivity contribution in [1.82, 2.24) is 0 Å². The fourth-order valence-electron chi connectivity index (χ4n) is 1.51. The van der Waals surface area contributed by atoms with Crippen LogP contribution in [0.2, 0.25) is 0 Å². The second-order valence-corrected chi connectivity index (χ2v) is 29.9. The minimum atomic E-state index is 0.0233. The number of allylic oxidation sites excluding steroid dienone is 1. The predicted molar refractivity (Wildman–Crippen MR) is 80.7 cm³/mol. The molecule has 0 bridgehead atoms. The predicted octanol–water partition coefficient (Wildman–Crippen LogP) is 5.06. The van der Waals surface area contributed by atoms with Gasteiger partial charge in [0.1, 0.15) is 0 Å². The molecule has 3 heteroatoms. The molecule has 0 aromatic heterocycles. The fraction of sp³-hybridized carbons (Fsp3) is 0.250. The third kappa shape index (κ3) is 4.58. The van der Waals surface area contributed by atoms with Gasteiger partial charge in [-0.1, -0.05) is 49.8 Å². The maximum atomic E-state index is 2.47. The summed E-state index contributed by atoms with van der Waals surface area (Å²) in [6.07, 6.45) is 4.56. The van der Waals surface area contributed by atoms with Gasteiger partial charge >= 0.3 is 50.9 Å². The zero-order valence-electron chi connectivity index (χ0n) is 8.80. The van der Waals surface area contributed by atoms with Crippen LogP contribution in [0.25, 0.3) is 6.08 Å². The molecule has 79 valence electrons. The van der Waals surface area contributed by atoms with Crippen LogP contribution in [0.5, 0.6) is 0 Å². The molecule has 1 radical (unpaired) electrons. The topological polar surface area (TPSA) is 0 Å². The van der Waals surface area contributed by atoms with E-state index in [4.69, 9.17) is 0 Å². The van der Waals surface area contributed by atoms with Crippen molar-refractivity contribution in [2.24, 2.45) is 5.92 Å². The van der Waals surface area contributed by atoms with Crippen LogP contribution in [0.1, 0.15) is 25.0 Å². The monoisotopic (exact) mass is 591 g/mol. The maximum absolute atomic E-state index is 2.47. The number of benzene rings is 1. The first kappa shape index (κ1) is 14.4. The van der Waals surface area contributed by atoms with Crippen LogP contribution in [-0.4, -0.2) is 0 Å². The third-order valence-corrected chi connectivity index (χ3v) is 2.31. The van der Waals surface area contributed by atoms with Crippen LogP contribution in [0.15, 0.2) is 29.8 Å². The Kier molecular flexibility index (Phi) is 7.26. The van der Waals surface area contributed by atoms with Gasteiger partial charge in [-0.25, -0.2) is 0 Å². The molecule has 0 amide bonds. The fourth-order valence-corrected chi connectivity index (χ4v) is 1.51. The summed E-state index contributed by atoms with van der Waals surface area (Å²) >= 11 is 4.96. The van der Waals surface area contributed by atoms with Gasteiger partial charge in [0.2, 0.25) is 0 Å². The average Bonchev–Trinajstić information content (AvgIpc) is 2.62. The van der Waals surface area contributed by atoms with Gasteiger partial charge in [-0.05, 0) is 17.0 Å². The zero-order chi connectivity index (χ0) is 11.3. The molecule has 0 N–H and O–H groups in total. The number of hydrogen-bond acceptors (Lipinski definition) is 0. The molecule has 0 saturated carbocycles. The van der Waals surface area contributed by atoms with Gasteiger partial charge in [0, 0.05) is 6.42 Å². The summed E-state index contributed by atoms with van der Waals surface area (Å²) in [5.74, 6) is 0.636. The first-order valence-corrected chi connectivity index (χ1v) is 25.2. The van der Waals surface area contributed by atoms with Crippen LogP contribution < -0.4 is 0 Å². The van der Waals surface area contributed by atoms with Crippen LogP contribution in [-0.2, 0) is 14.6 Å². The Balaban J connectivity index is 0.000000337. The molecular formula is C12H13HfI2. The molecule has 2 rings (SSSR count). The van der Waals surface area contributed by atoms with Crippen LogP contribution in [0, 0.1) is 12.3 Å². The normalized spacial score (nSPS) is 12.7. The molecule has 0 atom stereocenters. The van der Waals surface area contributed by atoms with E-state index in [9.17, 15) is 0 Å². The van der Waals surface area contributed by atoms with Gasteiger partial charge in [0.15, 0.2) is 0 Å². The molecule has 0 nitrogen and oxygen atoms in total. The molecule has 0 heterocycles. The van der Waals surface area contributed by atoms with Crippen molar-refractivity contribution < 1.29 is 14.6 Å². The molecular weight excluding hydrogens is 576 g/mol. The molecule has 0 fully saturated rings. The summed E-state index contributed by atoms with van der Waals surface area (Å²) in [6, 6.07) is 8.52. The van der Waals surface area contributed by atoms with Crippen molar-refractivity contribution in [2.45, 2.75) is 13.8 Å². The Morgan fingerprint density at radius 1 is 1.07 bits per heavy atom. The van der Waals surface area contributed by atoms with Crippen molar-refractivity contribution in [1.29, 1.82) is 0 Å². The van der Waals surface area contributed by atoms with Crippen molar-refractivity contribution in [3.63, 3.8) is 0 Å². The van der Waals surface area contributed by atoms with E-state index in [-0.39, 0.29) is 14.6 Å². The quantitative estimate of drug-likeness (QED) is 0.318. The molecule has 1 aliphatic rings. The Morgan fingerprint density at radius 2 is 1.60 bits per heavy atom. The van der Waals surface area contributed by atoms with Gasteiger partial charge in [0.25, 0.3) is 0 Å². The van der Waals surface area contributed by atoms with Crippen LogP contribution in [0.3, 0.4) is 0 Å². The zero-order valence-corrected chi connectivity index (χ0v) is 16.7. The second kappa shape index (κ2) is 7.58. The summed E-state index contributed by atoms with van der Waals surface area (Å²) in [5.41, 5.74) is 4.17. The van der Waals surface area contributed by atoms with Crippen LogP contribution >= 0.6 is 36.3 Å². The molecule has 1 aromatic rings. The molecule has 1 aromatic carbocycles. The number of rotatable bonds is 1. The van der Waals surface area contributed by atoms with E-state index in [0.717, 1.165) is 0 Å². The Hall–Kier alpha value is 1.29. The summed E-state index contributed by atoms with van der Waals surface area (Å²) in [4.78, 5) is 0.